The van der Waals surface area contributed by atoms with Gasteiger partial charge < -0.3 is 14.5 Å². The number of aromatic nitrogens is 3. The summed E-state index contributed by atoms with van der Waals surface area (Å²) in [7, 11) is 0. The van der Waals surface area contributed by atoms with Crippen molar-refractivity contribution in [3.8, 4) is 6.07 Å². The number of piperazine rings is 1. The zero-order chi connectivity index (χ0) is 22.9. The predicted octanol–water partition coefficient (Wildman–Crippen LogP) is 2.46. The standard InChI is InChI=1S/C24H28FN7O/c1-17-3-4-20(12-27-17)30-9-7-29(8-10-30)15-21-16-31(14-18(2)33-21)23-6-5-19(11-26)32-24(23)22(25)13-28-32/h3-6,12-13,18,21H,7-10,14-16H2,1-2H3. The minimum Gasteiger partial charge on any atom is -0.370 e. The van der Waals surface area contributed by atoms with Crippen LogP contribution in [0.25, 0.3) is 5.52 Å². The molecule has 33 heavy (non-hydrogen) atoms. The zero-order valence-corrected chi connectivity index (χ0v) is 19.0. The summed E-state index contributed by atoms with van der Waals surface area (Å²) in [6.45, 7) is 10.0. The maximum Gasteiger partial charge on any atom is 0.171 e. The third-order valence-electron chi connectivity index (χ3n) is 6.47. The molecule has 2 aliphatic heterocycles. The second-order valence-electron chi connectivity index (χ2n) is 8.89. The van der Waals surface area contributed by atoms with E-state index in [0.717, 1.165) is 44.1 Å². The molecule has 0 aromatic carbocycles. The fraction of sp³-hybridized carbons (Fsp3) is 0.458. The van der Waals surface area contributed by atoms with E-state index in [1.807, 2.05) is 19.2 Å². The topological polar surface area (TPSA) is 72.9 Å². The Morgan fingerprint density at radius 3 is 2.64 bits per heavy atom. The Morgan fingerprint density at radius 1 is 1.09 bits per heavy atom. The summed E-state index contributed by atoms with van der Waals surface area (Å²) in [5.41, 5.74) is 3.61. The normalized spacial score (nSPS) is 22.0. The Balaban J connectivity index is 1.26. The van der Waals surface area contributed by atoms with Crippen molar-refractivity contribution in [3.05, 3.63) is 53.9 Å². The van der Waals surface area contributed by atoms with Crippen LogP contribution < -0.4 is 9.80 Å². The molecule has 5 heterocycles. The summed E-state index contributed by atoms with van der Waals surface area (Å²) in [6, 6.07) is 9.79. The second kappa shape index (κ2) is 8.96. The Kier molecular flexibility index (Phi) is 5.87. The third-order valence-corrected chi connectivity index (χ3v) is 6.47. The number of hydrogen-bond acceptors (Lipinski definition) is 7. The minimum atomic E-state index is -0.417. The molecule has 2 atom stereocenters. The summed E-state index contributed by atoms with van der Waals surface area (Å²) < 4.78 is 22.2. The molecule has 0 spiro atoms. The number of nitriles is 1. The molecule has 172 valence electrons. The highest BCUT2D eigenvalue weighted by Crippen LogP contribution is 2.28. The third kappa shape index (κ3) is 4.36. The van der Waals surface area contributed by atoms with Gasteiger partial charge in [0.25, 0.3) is 0 Å². The van der Waals surface area contributed by atoms with Crippen molar-refractivity contribution in [1.29, 1.82) is 5.26 Å². The van der Waals surface area contributed by atoms with Gasteiger partial charge >= 0.3 is 0 Å². The maximum absolute atomic E-state index is 14.6. The first-order chi connectivity index (χ1) is 16.0. The number of anilines is 2. The Bertz CT molecular complexity index is 1160. The SMILES string of the molecule is Cc1ccc(N2CCN(CC3CN(c4ccc(C#N)n5ncc(F)c45)CC(C)O3)CC2)cn1. The number of aryl methyl sites for hydroxylation is 1. The molecule has 2 unspecified atom stereocenters. The van der Waals surface area contributed by atoms with E-state index in [2.05, 4.69) is 49.9 Å². The lowest BCUT2D eigenvalue weighted by Gasteiger charge is -2.42. The first-order valence-corrected chi connectivity index (χ1v) is 11.4. The molecule has 2 aliphatic rings. The maximum atomic E-state index is 14.6. The van der Waals surface area contributed by atoms with Crippen LogP contribution in [-0.2, 0) is 4.74 Å². The number of pyridine rings is 2. The number of halogens is 1. The molecule has 2 fully saturated rings. The highest BCUT2D eigenvalue weighted by molar-refractivity contribution is 5.74. The molecule has 0 saturated carbocycles. The van der Waals surface area contributed by atoms with Crippen LogP contribution in [0.3, 0.4) is 0 Å². The predicted molar refractivity (Wildman–Crippen MR) is 124 cm³/mol. The van der Waals surface area contributed by atoms with Gasteiger partial charge in [0.05, 0.1) is 36.0 Å². The highest BCUT2D eigenvalue weighted by Gasteiger charge is 2.30. The van der Waals surface area contributed by atoms with Crippen molar-refractivity contribution in [2.24, 2.45) is 0 Å². The highest BCUT2D eigenvalue weighted by atomic mass is 19.1. The molecule has 2 saturated heterocycles. The van der Waals surface area contributed by atoms with Gasteiger partial charge in [0, 0.05) is 51.5 Å². The van der Waals surface area contributed by atoms with Gasteiger partial charge in [-0.3, -0.25) is 9.88 Å². The van der Waals surface area contributed by atoms with Gasteiger partial charge in [-0.25, -0.2) is 8.91 Å². The largest absolute Gasteiger partial charge is 0.370 e. The fourth-order valence-corrected chi connectivity index (χ4v) is 4.86. The number of fused-ring (bicyclic) bond motifs is 1. The fourth-order valence-electron chi connectivity index (χ4n) is 4.86. The number of rotatable bonds is 4. The molecule has 0 amide bonds. The monoisotopic (exact) mass is 449 g/mol. The molecular formula is C24H28FN7O. The molecule has 3 aromatic heterocycles. The van der Waals surface area contributed by atoms with E-state index >= 15 is 0 Å². The van der Waals surface area contributed by atoms with Crippen LogP contribution in [0, 0.1) is 24.1 Å². The van der Waals surface area contributed by atoms with Gasteiger partial charge in [-0.2, -0.15) is 10.4 Å². The lowest BCUT2D eigenvalue weighted by molar-refractivity contribution is -0.0327. The van der Waals surface area contributed by atoms with E-state index in [9.17, 15) is 9.65 Å². The van der Waals surface area contributed by atoms with E-state index in [-0.39, 0.29) is 12.2 Å². The Morgan fingerprint density at radius 2 is 1.91 bits per heavy atom. The Hall–Kier alpha value is -3.22. The number of ether oxygens (including phenoxy) is 1. The van der Waals surface area contributed by atoms with Crippen LogP contribution in [0.4, 0.5) is 15.8 Å². The zero-order valence-electron chi connectivity index (χ0n) is 19.0. The Labute approximate surface area is 192 Å². The summed E-state index contributed by atoms with van der Waals surface area (Å²) in [6.07, 6.45) is 3.15. The van der Waals surface area contributed by atoms with E-state index in [1.54, 1.807) is 6.07 Å². The van der Waals surface area contributed by atoms with Crippen LogP contribution >= 0.6 is 0 Å². The summed E-state index contributed by atoms with van der Waals surface area (Å²) >= 11 is 0. The van der Waals surface area contributed by atoms with Crippen LogP contribution in [0.2, 0.25) is 0 Å². The van der Waals surface area contributed by atoms with E-state index < -0.39 is 5.82 Å². The van der Waals surface area contributed by atoms with E-state index in [0.29, 0.717) is 24.3 Å². The van der Waals surface area contributed by atoms with Crippen LogP contribution in [0.5, 0.6) is 0 Å². The molecule has 9 heteroatoms. The molecular weight excluding hydrogens is 421 g/mol. The van der Waals surface area contributed by atoms with Crippen LogP contribution in [0.15, 0.2) is 36.7 Å². The second-order valence-corrected chi connectivity index (χ2v) is 8.89. The quantitative estimate of drug-likeness (QED) is 0.606. The summed E-state index contributed by atoms with van der Waals surface area (Å²) in [4.78, 5) is 11.4. The molecule has 5 rings (SSSR count). The van der Waals surface area contributed by atoms with Crippen molar-refractivity contribution >= 4 is 16.9 Å². The van der Waals surface area contributed by atoms with Crippen molar-refractivity contribution in [2.45, 2.75) is 26.1 Å². The van der Waals surface area contributed by atoms with Crippen molar-refractivity contribution in [1.82, 2.24) is 19.5 Å². The first-order valence-electron chi connectivity index (χ1n) is 11.4. The van der Waals surface area contributed by atoms with Gasteiger partial charge in [-0.05, 0) is 38.1 Å². The average molecular weight is 450 g/mol. The van der Waals surface area contributed by atoms with Crippen molar-refractivity contribution in [3.63, 3.8) is 0 Å². The number of nitrogens with zero attached hydrogens (tertiary/aromatic N) is 7. The van der Waals surface area contributed by atoms with Crippen molar-refractivity contribution in [2.75, 3.05) is 55.6 Å². The number of hydrogen-bond donors (Lipinski definition) is 0. The average Bonchev–Trinajstić information content (AvgIpc) is 3.21. The molecule has 0 radical (unpaired) electrons. The molecule has 3 aromatic rings. The van der Waals surface area contributed by atoms with Gasteiger partial charge in [-0.1, -0.05) is 0 Å². The van der Waals surface area contributed by atoms with Gasteiger partial charge in [0.15, 0.2) is 5.82 Å². The van der Waals surface area contributed by atoms with Gasteiger partial charge in [-0.15, -0.1) is 0 Å². The van der Waals surface area contributed by atoms with Gasteiger partial charge in [0.1, 0.15) is 17.3 Å². The number of morpholine rings is 1. The molecule has 0 N–H and O–H groups in total. The van der Waals surface area contributed by atoms with Crippen LogP contribution in [-0.4, -0.2) is 77.5 Å². The van der Waals surface area contributed by atoms with Crippen molar-refractivity contribution < 1.29 is 9.13 Å². The summed E-state index contributed by atoms with van der Waals surface area (Å²) in [5.74, 6) is -0.417. The van der Waals surface area contributed by atoms with Crippen LogP contribution in [0.1, 0.15) is 18.3 Å². The molecule has 8 nitrogen and oxygen atoms in total. The smallest absolute Gasteiger partial charge is 0.171 e. The molecule has 0 bridgehead atoms. The molecule has 0 aliphatic carbocycles. The lowest BCUT2D eigenvalue weighted by Crippen LogP contribution is -2.54. The minimum absolute atomic E-state index is 0.0167. The summed E-state index contributed by atoms with van der Waals surface area (Å²) in [5, 5.41) is 13.4. The lowest BCUT2D eigenvalue weighted by atomic mass is 10.1. The van der Waals surface area contributed by atoms with E-state index in [1.165, 1.54) is 16.4 Å². The first kappa shape index (κ1) is 21.6. The van der Waals surface area contributed by atoms with E-state index in [4.69, 9.17) is 4.74 Å². The van der Waals surface area contributed by atoms with Gasteiger partial charge in [0.2, 0.25) is 0 Å².